The molecule has 182 valence electrons. The van der Waals surface area contributed by atoms with Gasteiger partial charge in [-0.1, -0.05) is 11.6 Å². The van der Waals surface area contributed by atoms with Gasteiger partial charge in [-0.05, 0) is 26.0 Å². The normalized spacial score (nSPS) is 11.6. The Morgan fingerprint density at radius 1 is 1.21 bits per heavy atom. The Hall–Kier alpha value is -3.09. The van der Waals surface area contributed by atoms with Crippen LogP contribution in [0.25, 0.3) is 0 Å². The largest absolute Gasteiger partial charge is 0.403 e. The summed E-state index contributed by atoms with van der Waals surface area (Å²) in [5.41, 5.74) is 0.450. The van der Waals surface area contributed by atoms with Gasteiger partial charge in [-0.3, -0.25) is 9.48 Å². The highest BCUT2D eigenvalue weighted by Crippen LogP contribution is 2.32. The average molecular weight is 513 g/mol. The molecule has 2 heterocycles. The molecule has 0 saturated heterocycles. The number of esters is 1. The molecule has 0 N–H and O–H groups in total. The molecule has 13 heteroatoms. The molecule has 3 aromatic rings. The maximum absolute atomic E-state index is 13.4. The van der Waals surface area contributed by atoms with Crippen LogP contribution < -0.4 is 4.74 Å². The molecular weight excluding hydrogens is 491 g/mol. The fourth-order valence-corrected chi connectivity index (χ4v) is 4.64. The molecule has 2 aromatic heterocycles. The van der Waals surface area contributed by atoms with E-state index >= 15 is 0 Å². The molecule has 0 fully saturated rings. The van der Waals surface area contributed by atoms with E-state index in [9.17, 15) is 22.4 Å². The number of carbonyl (C=O) groups excluding carboxylic acids is 2. The number of nitrogens with zero attached hydrogens (tertiary/aromatic N) is 4. The molecule has 3 rings (SSSR count). The van der Waals surface area contributed by atoms with E-state index in [1.54, 1.807) is 20.9 Å². The van der Waals surface area contributed by atoms with Crippen molar-refractivity contribution in [3.63, 3.8) is 0 Å². The number of aromatic nitrogens is 4. The fraction of sp³-hybridized carbons (Fsp3) is 0.333. The maximum atomic E-state index is 13.4. The fourth-order valence-electron chi connectivity index (χ4n) is 3.35. The van der Waals surface area contributed by atoms with Gasteiger partial charge < -0.3 is 9.47 Å². The van der Waals surface area contributed by atoms with Crippen LogP contribution in [-0.2, 0) is 34.8 Å². The Morgan fingerprint density at radius 3 is 2.47 bits per heavy atom. The van der Waals surface area contributed by atoms with Crippen molar-refractivity contribution < 1.29 is 31.9 Å². The maximum Gasteiger partial charge on any atom is 0.348 e. The number of aryl methyl sites for hydroxylation is 3. The number of ketones is 1. The van der Waals surface area contributed by atoms with Gasteiger partial charge in [0.1, 0.15) is 11.1 Å². The minimum Gasteiger partial charge on any atom is -0.403 e. The summed E-state index contributed by atoms with van der Waals surface area (Å²) in [6.45, 7) is 2.04. The third-order valence-electron chi connectivity index (χ3n) is 4.93. The Bertz CT molecular complexity index is 1370. The summed E-state index contributed by atoms with van der Waals surface area (Å²) in [6, 6.07) is 2.43. The van der Waals surface area contributed by atoms with E-state index in [0.29, 0.717) is 5.69 Å². The summed E-state index contributed by atoms with van der Waals surface area (Å²) < 4.78 is 49.9. The number of hydrogen-bond donors (Lipinski definition) is 0. The zero-order valence-corrected chi connectivity index (χ0v) is 20.4. The molecule has 0 aliphatic rings. The summed E-state index contributed by atoms with van der Waals surface area (Å²) in [4.78, 5) is 25.9. The van der Waals surface area contributed by atoms with E-state index in [4.69, 9.17) is 21.1 Å². The quantitative estimate of drug-likeness (QED) is 0.317. The predicted octanol–water partition coefficient (Wildman–Crippen LogP) is 2.90. The van der Waals surface area contributed by atoms with Gasteiger partial charge in [0.2, 0.25) is 11.7 Å². The molecule has 0 unspecified atom stereocenters. The lowest BCUT2D eigenvalue weighted by Crippen LogP contribution is -2.15. The number of carbonyl (C=O) groups is 2. The first-order chi connectivity index (χ1) is 16.0. The highest BCUT2D eigenvalue weighted by molar-refractivity contribution is 7.90. The highest BCUT2D eigenvalue weighted by Gasteiger charge is 2.28. The van der Waals surface area contributed by atoms with E-state index in [1.165, 1.54) is 33.9 Å². The summed E-state index contributed by atoms with van der Waals surface area (Å²) in [6.07, 6.45) is 3.68. The van der Waals surface area contributed by atoms with E-state index in [1.807, 2.05) is 0 Å². The number of halogens is 2. The van der Waals surface area contributed by atoms with Crippen molar-refractivity contribution in [2.45, 2.75) is 31.9 Å². The molecule has 1 aromatic carbocycles. The lowest BCUT2D eigenvalue weighted by atomic mass is 10.0. The van der Waals surface area contributed by atoms with Gasteiger partial charge in [-0.25, -0.2) is 22.3 Å². The molecule has 34 heavy (non-hydrogen) atoms. The van der Waals surface area contributed by atoms with Crippen molar-refractivity contribution in [1.82, 2.24) is 19.6 Å². The summed E-state index contributed by atoms with van der Waals surface area (Å²) in [5.74, 6) is -1.51. The first-order valence-electron chi connectivity index (χ1n) is 9.97. The lowest BCUT2D eigenvalue weighted by Gasteiger charge is -2.13. The first-order valence-corrected chi connectivity index (χ1v) is 12.2. The van der Waals surface area contributed by atoms with E-state index in [2.05, 4.69) is 10.2 Å². The number of rotatable bonds is 9. The molecule has 10 nitrogen and oxygen atoms in total. The molecule has 0 spiro atoms. The van der Waals surface area contributed by atoms with Crippen molar-refractivity contribution in [1.29, 1.82) is 0 Å². The van der Waals surface area contributed by atoms with Gasteiger partial charge in [0.15, 0.2) is 16.7 Å². The summed E-state index contributed by atoms with van der Waals surface area (Å²) in [5, 5.41) is 7.99. The molecule has 0 radical (unpaired) electrons. The Labute approximate surface area is 200 Å². The van der Waals surface area contributed by atoms with Crippen molar-refractivity contribution >= 4 is 33.2 Å². The van der Waals surface area contributed by atoms with Crippen LogP contribution >= 0.6 is 11.6 Å². The monoisotopic (exact) mass is 512 g/mol. The predicted molar refractivity (Wildman–Crippen MR) is 120 cm³/mol. The van der Waals surface area contributed by atoms with Crippen LogP contribution in [0.1, 0.15) is 44.5 Å². The molecule has 0 atom stereocenters. The lowest BCUT2D eigenvalue weighted by molar-refractivity contribution is 0.0451. The molecule has 0 aliphatic carbocycles. The molecule has 0 saturated carbocycles. The third kappa shape index (κ3) is 5.03. The van der Waals surface area contributed by atoms with Crippen molar-refractivity contribution in [3.05, 3.63) is 57.5 Å². The molecule has 0 aliphatic heterocycles. The average Bonchev–Trinajstić information content (AvgIpc) is 3.33. The van der Waals surface area contributed by atoms with Crippen LogP contribution in [0.3, 0.4) is 0 Å². The van der Waals surface area contributed by atoms with Crippen LogP contribution in [0.4, 0.5) is 4.39 Å². The van der Waals surface area contributed by atoms with Gasteiger partial charge in [0.25, 0.3) is 0 Å². The SMILES string of the molecule is CCn1ncc(C(=O)c2ccc(S(C)(=O)=O)c(COCF)c2Cl)c1OC(=O)c1cn(C)nc1C. The molecule has 0 bridgehead atoms. The second kappa shape index (κ2) is 10.0. The van der Waals surface area contributed by atoms with Crippen molar-refractivity contribution in [2.24, 2.45) is 7.05 Å². The van der Waals surface area contributed by atoms with E-state index in [-0.39, 0.29) is 44.6 Å². The Balaban J connectivity index is 2.06. The Kier molecular flexibility index (Phi) is 7.54. The van der Waals surface area contributed by atoms with Crippen LogP contribution in [0.15, 0.2) is 29.4 Å². The number of ether oxygens (including phenoxy) is 2. The second-order valence-electron chi connectivity index (χ2n) is 7.33. The standard InChI is InChI=1S/C21H22ClFN4O6S/c1-5-27-20(33-21(29)15-9-26(3)25-12(15)2)14(8-24-27)19(28)13-6-7-17(34(4,30)31)16(18(13)22)10-32-11-23/h6-9H,5,10-11H2,1-4H3. The van der Waals surface area contributed by atoms with Crippen LogP contribution in [0.2, 0.25) is 5.02 Å². The number of alkyl halides is 1. The number of sulfone groups is 1. The third-order valence-corrected chi connectivity index (χ3v) is 6.54. The minimum atomic E-state index is -3.74. The van der Waals surface area contributed by atoms with E-state index < -0.39 is 35.1 Å². The van der Waals surface area contributed by atoms with Gasteiger partial charge in [-0.2, -0.15) is 10.2 Å². The summed E-state index contributed by atoms with van der Waals surface area (Å²) in [7, 11) is -2.09. The molecule has 0 amide bonds. The number of hydrogen-bond acceptors (Lipinski definition) is 8. The van der Waals surface area contributed by atoms with Crippen molar-refractivity contribution in [3.8, 4) is 5.88 Å². The van der Waals surface area contributed by atoms with Crippen molar-refractivity contribution in [2.75, 3.05) is 13.1 Å². The topological polar surface area (TPSA) is 122 Å². The van der Waals surface area contributed by atoms with Crippen LogP contribution in [-0.4, -0.2) is 52.8 Å². The van der Waals surface area contributed by atoms with Crippen LogP contribution in [0.5, 0.6) is 5.88 Å². The van der Waals surface area contributed by atoms with Gasteiger partial charge >= 0.3 is 5.97 Å². The molecular formula is C21H22ClFN4O6S. The van der Waals surface area contributed by atoms with Crippen LogP contribution in [0, 0.1) is 6.92 Å². The Morgan fingerprint density at radius 2 is 1.91 bits per heavy atom. The first kappa shape index (κ1) is 25.5. The zero-order chi connectivity index (χ0) is 25.2. The zero-order valence-electron chi connectivity index (χ0n) is 18.8. The summed E-state index contributed by atoms with van der Waals surface area (Å²) >= 11 is 6.38. The van der Waals surface area contributed by atoms with E-state index in [0.717, 1.165) is 6.26 Å². The highest BCUT2D eigenvalue weighted by atomic mass is 35.5. The van der Waals surface area contributed by atoms with Gasteiger partial charge in [0, 0.05) is 37.2 Å². The van der Waals surface area contributed by atoms with Gasteiger partial charge in [0.05, 0.1) is 28.4 Å². The number of benzene rings is 1. The minimum absolute atomic E-state index is 0.0555. The smallest absolute Gasteiger partial charge is 0.348 e. The second-order valence-corrected chi connectivity index (χ2v) is 9.70. The van der Waals surface area contributed by atoms with Gasteiger partial charge in [-0.15, -0.1) is 0 Å².